The molecule has 1 aromatic carbocycles. The van der Waals surface area contributed by atoms with Gasteiger partial charge in [-0.05, 0) is 19.5 Å². The Bertz CT molecular complexity index is 508. The van der Waals surface area contributed by atoms with Crippen LogP contribution >= 0.6 is 0 Å². The molecule has 1 N–H and O–H groups in total. The minimum absolute atomic E-state index is 0.103. The Morgan fingerprint density at radius 3 is 2.45 bits per heavy atom. The van der Waals surface area contributed by atoms with Crippen LogP contribution in [0.1, 0.15) is 19.4 Å². The van der Waals surface area contributed by atoms with Crippen molar-refractivity contribution in [3.05, 3.63) is 35.6 Å². The third-order valence-electron chi connectivity index (χ3n) is 3.34. The monoisotopic (exact) mass is 309 g/mol. The van der Waals surface area contributed by atoms with Crippen LogP contribution in [0.5, 0.6) is 0 Å². The van der Waals surface area contributed by atoms with Gasteiger partial charge in [-0.25, -0.2) is 4.39 Å². The minimum atomic E-state index is -0.322. The van der Waals surface area contributed by atoms with Gasteiger partial charge < -0.3 is 10.2 Å². The number of hydrogen-bond donors (Lipinski definition) is 1. The Balaban J connectivity index is 2.55. The number of halogens is 1. The van der Waals surface area contributed by atoms with Gasteiger partial charge in [0.25, 0.3) is 0 Å². The molecule has 0 saturated carbocycles. The molecule has 5 nitrogen and oxygen atoms in total. The molecule has 0 aliphatic heterocycles. The minimum Gasteiger partial charge on any atom is -0.355 e. The molecular weight excluding hydrogens is 285 g/mol. The first-order chi connectivity index (χ1) is 10.5. The fourth-order valence-electron chi connectivity index (χ4n) is 2.02. The lowest BCUT2D eigenvalue weighted by Crippen LogP contribution is -2.43. The molecule has 0 heterocycles. The van der Waals surface area contributed by atoms with Crippen molar-refractivity contribution < 1.29 is 14.0 Å². The van der Waals surface area contributed by atoms with Crippen LogP contribution in [0.25, 0.3) is 0 Å². The molecule has 0 aromatic heterocycles. The van der Waals surface area contributed by atoms with E-state index in [4.69, 9.17) is 0 Å². The van der Waals surface area contributed by atoms with E-state index in [0.29, 0.717) is 18.7 Å². The molecule has 22 heavy (non-hydrogen) atoms. The number of carbonyl (C=O) groups is 2. The van der Waals surface area contributed by atoms with Crippen LogP contribution in [0.3, 0.4) is 0 Å². The molecule has 0 radical (unpaired) electrons. The first kappa shape index (κ1) is 18.1. The predicted octanol–water partition coefficient (Wildman–Crippen LogP) is 1.24. The molecule has 0 unspecified atom stereocenters. The molecular formula is C16H24FN3O2. The number of benzene rings is 1. The second-order valence-electron chi connectivity index (χ2n) is 5.10. The van der Waals surface area contributed by atoms with Crippen LogP contribution in [0, 0.1) is 5.82 Å². The van der Waals surface area contributed by atoms with Crippen molar-refractivity contribution in [3.63, 3.8) is 0 Å². The first-order valence-corrected chi connectivity index (χ1v) is 7.44. The Kier molecular flexibility index (Phi) is 7.52. The van der Waals surface area contributed by atoms with Gasteiger partial charge in [0, 0.05) is 25.7 Å². The molecule has 2 amide bonds. The highest BCUT2D eigenvalue weighted by atomic mass is 19.1. The second kappa shape index (κ2) is 9.15. The molecule has 122 valence electrons. The maximum absolute atomic E-state index is 13.6. The summed E-state index contributed by atoms with van der Waals surface area (Å²) in [7, 11) is 1.63. The number of likely N-dealkylation sites (N-methyl/N-ethyl adjacent to an activating group) is 3. The van der Waals surface area contributed by atoms with Crippen molar-refractivity contribution in [2.75, 3.05) is 33.2 Å². The zero-order valence-electron chi connectivity index (χ0n) is 13.4. The summed E-state index contributed by atoms with van der Waals surface area (Å²) in [6.45, 7) is 5.44. The van der Waals surface area contributed by atoms with E-state index in [1.165, 1.54) is 11.0 Å². The topological polar surface area (TPSA) is 52.7 Å². The number of nitrogens with zero attached hydrogens (tertiary/aromatic N) is 2. The number of carbonyl (C=O) groups excluding carboxylic acids is 2. The standard InChI is InChI=1S/C16H24FN3O2/c1-4-18-15(21)11-20(5-2)12-16(22)19(3)10-13-8-6-7-9-14(13)17/h6-9H,4-5,10-12H2,1-3H3,(H,18,21). The summed E-state index contributed by atoms with van der Waals surface area (Å²) in [6, 6.07) is 6.39. The first-order valence-electron chi connectivity index (χ1n) is 7.44. The van der Waals surface area contributed by atoms with Gasteiger partial charge >= 0.3 is 0 Å². The van der Waals surface area contributed by atoms with Gasteiger partial charge in [-0.15, -0.1) is 0 Å². The number of hydrogen-bond acceptors (Lipinski definition) is 3. The summed E-state index contributed by atoms with van der Waals surface area (Å²) < 4.78 is 13.6. The van der Waals surface area contributed by atoms with Gasteiger partial charge in [-0.3, -0.25) is 14.5 Å². The largest absolute Gasteiger partial charge is 0.355 e. The fraction of sp³-hybridized carbons (Fsp3) is 0.500. The second-order valence-corrected chi connectivity index (χ2v) is 5.10. The number of nitrogens with one attached hydrogen (secondary N) is 1. The van der Waals surface area contributed by atoms with Crippen molar-refractivity contribution in [2.24, 2.45) is 0 Å². The molecule has 6 heteroatoms. The third-order valence-corrected chi connectivity index (χ3v) is 3.34. The molecule has 1 aromatic rings. The smallest absolute Gasteiger partial charge is 0.236 e. The van der Waals surface area contributed by atoms with Crippen LogP contribution in [0.2, 0.25) is 0 Å². The van der Waals surface area contributed by atoms with Gasteiger partial charge in [0.15, 0.2) is 0 Å². The van der Waals surface area contributed by atoms with Gasteiger partial charge in [0.2, 0.25) is 11.8 Å². The van der Waals surface area contributed by atoms with Crippen molar-refractivity contribution in [3.8, 4) is 0 Å². The molecule has 0 fully saturated rings. The quantitative estimate of drug-likeness (QED) is 0.786. The predicted molar refractivity (Wildman–Crippen MR) is 83.7 cm³/mol. The maximum atomic E-state index is 13.6. The van der Waals surface area contributed by atoms with Gasteiger partial charge in [-0.1, -0.05) is 25.1 Å². The molecule has 0 saturated heterocycles. The number of rotatable bonds is 8. The zero-order valence-corrected chi connectivity index (χ0v) is 13.4. The zero-order chi connectivity index (χ0) is 16.5. The highest BCUT2D eigenvalue weighted by Gasteiger charge is 2.16. The Morgan fingerprint density at radius 1 is 1.18 bits per heavy atom. The van der Waals surface area contributed by atoms with Gasteiger partial charge in [0.05, 0.1) is 13.1 Å². The van der Waals surface area contributed by atoms with Crippen molar-refractivity contribution in [1.82, 2.24) is 15.1 Å². The summed E-state index contributed by atoms with van der Waals surface area (Å²) >= 11 is 0. The van der Waals surface area contributed by atoms with E-state index in [1.54, 1.807) is 30.1 Å². The van der Waals surface area contributed by atoms with E-state index >= 15 is 0 Å². The lowest BCUT2D eigenvalue weighted by Gasteiger charge is -2.23. The van der Waals surface area contributed by atoms with Crippen molar-refractivity contribution in [2.45, 2.75) is 20.4 Å². The number of amides is 2. The fourth-order valence-corrected chi connectivity index (χ4v) is 2.02. The van der Waals surface area contributed by atoms with Gasteiger partial charge in [-0.2, -0.15) is 0 Å². The Hall–Kier alpha value is -1.95. The Labute approximate surface area is 131 Å². The van der Waals surface area contributed by atoms with Crippen LogP contribution in [0.15, 0.2) is 24.3 Å². The van der Waals surface area contributed by atoms with Crippen LogP contribution in [0.4, 0.5) is 4.39 Å². The van der Waals surface area contributed by atoms with Crippen LogP contribution in [-0.2, 0) is 16.1 Å². The summed E-state index contributed by atoms with van der Waals surface area (Å²) in [5.41, 5.74) is 0.477. The molecule has 0 spiro atoms. The molecule has 0 bridgehead atoms. The summed E-state index contributed by atoms with van der Waals surface area (Å²) in [5.74, 6) is -0.569. The molecule has 0 atom stereocenters. The molecule has 0 aliphatic carbocycles. The van der Waals surface area contributed by atoms with E-state index in [-0.39, 0.29) is 37.3 Å². The van der Waals surface area contributed by atoms with Crippen LogP contribution in [-0.4, -0.2) is 54.8 Å². The van der Waals surface area contributed by atoms with E-state index in [2.05, 4.69) is 5.32 Å². The third kappa shape index (κ3) is 5.81. The van der Waals surface area contributed by atoms with Crippen LogP contribution < -0.4 is 5.32 Å². The molecule has 1 rings (SSSR count). The highest BCUT2D eigenvalue weighted by molar-refractivity contribution is 5.81. The lowest BCUT2D eigenvalue weighted by atomic mass is 10.2. The highest BCUT2D eigenvalue weighted by Crippen LogP contribution is 2.09. The van der Waals surface area contributed by atoms with E-state index in [0.717, 1.165) is 0 Å². The normalized spacial score (nSPS) is 10.6. The summed E-state index contributed by atoms with van der Waals surface area (Å²) in [4.78, 5) is 27.0. The summed E-state index contributed by atoms with van der Waals surface area (Å²) in [5, 5.41) is 2.70. The van der Waals surface area contributed by atoms with E-state index in [9.17, 15) is 14.0 Å². The maximum Gasteiger partial charge on any atom is 0.236 e. The van der Waals surface area contributed by atoms with E-state index in [1.807, 2.05) is 13.8 Å². The van der Waals surface area contributed by atoms with Gasteiger partial charge in [0.1, 0.15) is 5.82 Å². The van der Waals surface area contributed by atoms with E-state index < -0.39 is 0 Å². The van der Waals surface area contributed by atoms with Crippen molar-refractivity contribution >= 4 is 11.8 Å². The van der Waals surface area contributed by atoms with Crippen molar-refractivity contribution in [1.29, 1.82) is 0 Å². The average molecular weight is 309 g/mol. The average Bonchev–Trinajstić information content (AvgIpc) is 2.48. The SMILES string of the molecule is CCNC(=O)CN(CC)CC(=O)N(C)Cc1ccccc1F. The lowest BCUT2D eigenvalue weighted by molar-refractivity contribution is -0.132. The Morgan fingerprint density at radius 2 is 1.86 bits per heavy atom. The summed E-state index contributed by atoms with van der Waals surface area (Å²) in [6.07, 6.45) is 0. The molecule has 0 aliphatic rings.